The molecule has 2 heterocycles. The topological polar surface area (TPSA) is 24.5 Å². The van der Waals surface area contributed by atoms with Gasteiger partial charge in [-0.3, -0.25) is 4.90 Å². The molecule has 102 valence electrons. The summed E-state index contributed by atoms with van der Waals surface area (Å²) in [6.07, 6.45) is 1.54. The zero-order valence-electron chi connectivity index (χ0n) is 11.7. The van der Waals surface area contributed by atoms with E-state index < -0.39 is 0 Å². The van der Waals surface area contributed by atoms with Gasteiger partial charge in [-0.15, -0.1) is 11.3 Å². The molecule has 3 nitrogen and oxygen atoms in total. The summed E-state index contributed by atoms with van der Waals surface area (Å²) in [7, 11) is 2.00. The van der Waals surface area contributed by atoms with Crippen molar-refractivity contribution in [1.82, 2.24) is 10.2 Å². The normalized spacial score (nSPS) is 21.4. The predicted molar refractivity (Wildman–Crippen MR) is 77.1 cm³/mol. The van der Waals surface area contributed by atoms with Crippen LogP contribution >= 0.6 is 11.3 Å². The van der Waals surface area contributed by atoms with E-state index >= 15 is 0 Å². The molecular weight excluding hydrogens is 244 g/mol. The first-order chi connectivity index (χ1) is 8.72. The number of thiophene rings is 1. The summed E-state index contributed by atoms with van der Waals surface area (Å²) < 4.78 is 5.72. The van der Waals surface area contributed by atoms with E-state index in [1.165, 1.54) is 15.3 Å². The molecule has 1 aliphatic heterocycles. The average molecular weight is 268 g/mol. The Morgan fingerprint density at radius 2 is 2.39 bits per heavy atom. The molecule has 1 aromatic rings. The minimum atomic E-state index is 0.425. The van der Waals surface area contributed by atoms with Crippen LogP contribution in [0.3, 0.4) is 0 Å². The van der Waals surface area contributed by atoms with Gasteiger partial charge in [0.25, 0.3) is 0 Å². The number of morpholine rings is 1. The summed E-state index contributed by atoms with van der Waals surface area (Å²) in [4.78, 5) is 5.42. The van der Waals surface area contributed by atoms with Crippen LogP contribution in [-0.2, 0) is 17.8 Å². The molecule has 4 heteroatoms. The Balaban J connectivity index is 1.95. The summed E-state index contributed by atoms with van der Waals surface area (Å²) in [6, 6.07) is 2.35. The molecule has 1 unspecified atom stereocenters. The fraction of sp³-hybridized carbons (Fsp3) is 0.714. The number of aryl methyl sites for hydroxylation is 1. The van der Waals surface area contributed by atoms with Crippen LogP contribution in [0.15, 0.2) is 6.07 Å². The average Bonchev–Trinajstić information content (AvgIpc) is 2.70. The molecule has 1 fully saturated rings. The minimum Gasteiger partial charge on any atom is -0.376 e. The first-order valence-corrected chi connectivity index (χ1v) is 7.61. The fourth-order valence-corrected chi connectivity index (χ4v) is 3.48. The first-order valence-electron chi connectivity index (χ1n) is 6.79. The molecule has 0 amide bonds. The SMILES string of the molecule is CCC1CN(Cc2cc(CNC)sc2C)CCO1. The van der Waals surface area contributed by atoms with Gasteiger partial charge in [-0.25, -0.2) is 0 Å². The fourth-order valence-electron chi connectivity index (χ4n) is 2.42. The van der Waals surface area contributed by atoms with Crippen molar-refractivity contribution in [2.45, 2.75) is 39.5 Å². The highest BCUT2D eigenvalue weighted by Crippen LogP contribution is 2.23. The van der Waals surface area contributed by atoms with E-state index in [4.69, 9.17) is 4.74 Å². The summed E-state index contributed by atoms with van der Waals surface area (Å²) in [5.41, 5.74) is 1.49. The van der Waals surface area contributed by atoms with Crippen LogP contribution in [0.5, 0.6) is 0 Å². The molecule has 0 aliphatic carbocycles. The summed E-state index contributed by atoms with van der Waals surface area (Å²) in [5.74, 6) is 0. The summed E-state index contributed by atoms with van der Waals surface area (Å²) >= 11 is 1.91. The van der Waals surface area contributed by atoms with Crippen LogP contribution in [0.25, 0.3) is 0 Å². The highest BCUT2D eigenvalue weighted by molar-refractivity contribution is 7.12. The van der Waals surface area contributed by atoms with Gasteiger partial charge < -0.3 is 10.1 Å². The lowest BCUT2D eigenvalue weighted by molar-refractivity contribution is -0.0324. The van der Waals surface area contributed by atoms with Gasteiger partial charge >= 0.3 is 0 Å². The predicted octanol–water partition coefficient (Wildman–Crippen LogP) is 2.39. The number of hydrogen-bond acceptors (Lipinski definition) is 4. The van der Waals surface area contributed by atoms with E-state index in [0.29, 0.717) is 6.10 Å². The number of rotatable bonds is 5. The summed E-state index contributed by atoms with van der Waals surface area (Å²) in [5, 5.41) is 3.22. The van der Waals surface area contributed by atoms with Crippen molar-refractivity contribution in [3.05, 3.63) is 21.4 Å². The summed E-state index contributed by atoms with van der Waals surface area (Å²) in [6.45, 7) is 9.51. The molecule has 2 rings (SSSR count). The van der Waals surface area contributed by atoms with Gasteiger partial charge in [-0.1, -0.05) is 6.92 Å². The Morgan fingerprint density at radius 3 is 3.11 bits per heavy atom. The molecule has 1 aromatic heterocycles. The van der Waals surface area contributed by atoms with Gasteiger partial charge in [0.1, 0.15) is 0 Å². The van der Waals surface area contributed by atoms with Crippen LogP contribution in [0.4, 0.5) is 0 Å². The Bertz CT molecular complexity index is 378. The molecule has 0 bridgehead atoms. The highest BCUT2D eigenvalue weighted by Gasteiger charge is 2.19. The lowest BCUT2D eigenvalue weighted by Crippen LogP contribution is -2.41. The third kappa shape index (κ3) is 3.54. The Kier molecular flexibility index (Phi) is 5.18. The van der Waals surface area contributed by atoms with Crippen molar-refractivity contribution in [2.24, 2.45) is 0 Å². The van der Waals surface area contributed by atoms with Gasteiger partial charge in [0, 0.05) is 35.9 Å². The second-order valence-corrected chi connectivity index (χ2v) is 6.30. The number of nitrogens with one attached hydrogen (secondary N) is 1. The van der Waals surface area contributed by atoms with Crippen LogP contribution < -0.4 is 5.32 Å². The molecule has 0 radical (unpaired) electrons. The van der Waals surface area contributed by atoms with E-state index in [1.54, 1.807) is 0 Å². The monoisotopic (exact) mass is 268 g/mol. The Labute approximate surface area is 114 Å². The lowest BCUT2D eigenvalue weighted by Gasteiger charge is -2.32. The van der Waals surface area contributed by atoms with Crippen LogP contribution in [0, 0.1) is 6.92 Å². The first kappa shape index (κ1) is 14.0. The van der Waals surface area contributed by atoms with Crippen molar-refractivity contribution < 1.29 is 4.74 Å². The lowest BCUT2D eigenvalue weighted by atomic mass is 10.2. The van der Waals surface area contributed by atoms with Crippen molar-refractivity contribution in [2.75, 3.05) is 26.7 Å². The molecule has 1 aliphatic rings. The molecule has 1 atom stereocenters. The zero-order valence-corrected chi connectivity index (χ0v) is 12.5. The smallest absolute Gasteiger partial charge is 0.0700 e. The van der Waals surface area contributed by atoms with Crippen LogP contribution in [0.1, 0.15) is 28.7 Å². The minimum absolute atomic E-state index is 0.425. The van der Waals surface area contributed by atoms with E-state index in [2.05, 4.69) is 30.1 Å². The third-order valence-electron chi connectivity index (χ3n) is 3.49. The Hall–Kier alpha value is -0.420. The van der Waals surface area contributed by atoms with Crippen LogP contribution in [0.2, 0.25) is 0 Å². The van der Waals surface area contributed by atoms with Gasteiger partial charge in [0.2, 0.25) is 0 Å². The Morgan fingerprint density at radius 1 is 1.56 bits per heavy atom. The van der Waals surface area contributed by atoms with E-state index in [1.807, 2.05) is 18.4 Å². The highest BCUT2D eigenvalue weighted by atomic mass is 32.1. The molecule has 1 N–H and O–H groups in total. The molecule has 0 spiro atoms. The maximum atomic E-state index is 5.72. The number of ether oxygens (including phenoxy) is 1. The molecular formula is C14H24N2OS. The van der Waals surface area contributed by atoms with Gasteiger partial charge in [0.05, 0.1) is 12.7 Å². The number of nitrogens with zero attached hydrogens (tertiary/aromatic N) is 1. The van der Waals surface area contributed by atoms with Crippen molar-refractivity contribution in [3.63, 3.8) is 0 Å². The molecule has 1 saturated heterocycles. The quantitative estimate of drug-likeness (QED) is 0.887. The molecule has 0 saturated carbocycles. The van der Waals surface area contributed by atoms with E-state index in [9.17, 15) is 0 Å². The van der Waals surface area contributed by atoms with Crippen molar-refractivity contribution >= 4 is 11.3 Å². The third-order valence-corrected chi connectivity index (χ3v) is 4.59. The maximum absolute atomic E-state index is 5.72. The van der Waals surface area contributed by atoms with E-state index in [-0.39, 0.29) is 0 Å². The maximum Gasteiger partial charge on any atom is 0.0700 e. The van der Waals surface area contributed by atoms with Gasteiger partial charge in [-0.2, -0.15) is 0 Å². The standard InChI is InChI=1S/C14H24N2OS/c1-4-13-10-16(5-6-17-13)9-12-7-14(8-15-3)18-11(12)2/h7,13,15H,4-6,8-10H2,1-3H3. The van der Waals surface area contributed by atoms with E-state index in [0.717, 1.165) is 39.2 Å². The largest absolute Gasteiger partial charge is 0.376 e. The van der Waals surface area contributed by atoms with Gasteiger partial charge in [0.15, 0.2) is 0 Å². The second kappa shape index (κ2) is 6.66. The molecule has 18 heavy (non-hydrogen) atoms. The zero-order chi connectivity index (χ0) is 13.0. The second-order valence-electron chi connectivity index (χ2n) is 4.96. The van der Waals surface area contributed by atoms with Crippen molar-refractivity contribution in [3.8, 4) is 0 Å². The van der Waals surface area contributed by atoms with Crippen LogP contribution in [-0.4, -0.2) is 37.7 Å². The van der Waals surface area contributed by atoms with Gasteiger partial charge in [-0.05, 0) is 32.0 Å². The van der Waals surface area contributed by atoms with Crippen molar-refractivity contribution in [1.29, 1.82) is 0 Å². The molecule has 0 aromatic carbocycles. The number of hydrogen-bond donors (Lipinski definition) is 1.